The van der Waals surface area contributed by atoms with Crippen LogP contribution >= 0.6 is 11.6 Å². The second-order valence-electron chi connectivity index (χ2n) is 2.29. The third-order valence-electron chi connectivity index (χ3n) is 1.18. The predicted molar refractivity (Wildman–Crippen MR) is 46.3 cm³/mol. The first kappa shape index (κ1) is 10.6. The summed E-state index contributed by atoms with van der Waals surface area (Å²) >= 11 is 5.43. The molecule has 0 atom stereocenters. The number of carbonyl (C=O) groups excluding carboxylic acids is 2. The molecule has 0 spiro atoms. The standard InChI is InChI=1S/C7H7ClN2O4/c8-5-2-1-4(14-5)7(12)10-13-3-6(9)11/h1-2H,3H2,(H2,9,11)(H,10,12). The van der Waals surface area contributed by atoms with Crippen molar-refractivity contribution in [1.29, 1.82) is 0 Å². The Morgan fingerprint density at radius 2 is 2.29 bits per heavy atom. The summed E-state index contributed by atoms with van der Waals surface area (Å²) in [7, 11) is 0. The van der Waals surface area contributed by atoms with E-state index >= 15 is 0 Å². The SMILES string of the molecule is NC(=O)CONC(=O)c1ccc(Cl)o1. The minimum Gasteiger partial charge on any atom is -0.439 e. The topological polar surface area (TPSA) is 94.6 Å². The normalized spacial score (nSPS) is 9.79. The minimum absolute atomic E-state index is 0.0144. The molecule has 0 aliphatic rings. The van der Waals surface area contributed by atoms with Gasteiger partial charge in [0.15, 0.2) is 17.6 Å². The van der Waals surface area contributed by atoms with Crippen LogP contribution in [0.1, 0.15) is 10.6 Å². The zero-order valence-electron chi connectivity index (χ0n) is 6.95. The maximum absolute atomic E-state index is 11.1. The fourth-order valence-corrected chi connectivity index (χ4v) is 0.805. The highest BCUT2D eigenvalue weighted by Gasteiger charge is 2.10. The van der Waals surface area contributed by atoms with Crippen LogP contribution in [0, 0.1) is 0 Å². The highest BCUT2D eigenvalue weighted by Crippen LogP contribution is 2.12. The lowest BCUT2D eigenvalue weighted by atomic mass is 10.4. The molecule has 0 bridgehead atoms. The van der Waals surface area contributed by atoms with Gasteiger partial charge in [0, 0.05) is 0 Å². The minimum atomic E-state index is -0.692. The van der Waals surface area contributed by atoms with Gasteiger partial charge in [-0.25, -0.2) is 5.48 Å². The first-order chi connectivity index (χ1) is 6.59. The molecule has 1 aromatic rings. The van der Waals surface area contributed by atoms with Gasteiger partial charge in [0.2, 0.25) is 5.91 Å². The Bertz CT molecular complexity index is 349. The lowest BCUT2D eigenvalue weighted by Crippen LogP contribution is -2.29. The fraction of sp³-hybridized carbons (Fsp3) is 0.143. The molecule has 6 nitrogen and oxygen atoms in total. The van der Waals surface area contributed by atoms with Crippen LogP contribution in [0.3, 0.4) is 0 Å². The highest BCUT2D eigenvalue weighted by molar-refractivity contribution is 6.29. The number of halogens is 1. The van der Waals surface area contributed by atoms with Crippen molar-refractivity contribution >= 4 is 23.4 Å². The van der Waals surface area contributed by atoms with Gasteiger partial charge < -0.3 is 10.2 Å². The molecule has 0 unspecified atom stereocenters. The molecule has 0 fully saturated rings. The maximum Gasteiger partial charge on any atom is 0.310 e. The Balaban J connectivity index is 2.39. The molecule has 0 saturated carbocycles. The number of hydrogen-bond donors (Lipinski definition) is 2. The number of carbonyl (C=O) groups is 2. The molecule has 3 N–H and O–H groups in total. The summed E-state index contributed by atoms with van der Waals surface area (Å²) in [5, 5.41) is 0.0880. The average Bonchev–Trinajstić information content (AvgIpc) is 2.51. The van der Waals surface area contributed by atoms with E-state index in [0.717, 1.165) is 0 Å². The number of amides is 2. The largest absolute Gasteiger partial charge is 0.439 e. The van der Waals surface area contributed by atoms with Crippen molar-refractivity contribution in [2.45, 2.75) is 0 Å². The highest BCUT2D eigenvalue weighted by atomic mass is 35.5. The van der Waals surface area contributed by atoms with Crippen LogP contribution in [0.15, 0.2) is 16.5 Å². The summed E-state index contributed by atoms with van der Waals surface area (Å²) < 4.78 is 4.76. The van der Waals surface area contributed by atoms with Crippen molar-refractivity contribution in [2.75, 3.05) is 6.61 Å². The monoisotopic (exact) mass is 218 g/mol. The van der Waals surface area contributed by atoms with Gasteiger partial charge in [-0.3, -0.25) is 14.4 Å². The number of primary amides is 1. The van der Waals surface area contributed by atoms with E-state index in [9.17, 15) is 9.59 Å². The Hall–Kier alpha value is -1.53. The maximum atomic E-state index is 11.1. The molecular weight excluding hydrogens is 212 g/mol. The predicted octanol–water partition coefficient (Wildman–Crippen LogP) is 0.0797. The number of furan rings is 1. The smallest absolute Gasteiger partial charge is 0.310 e. The number of nitrogens with one attached hydrogen (secondary N) is 1. The van der Waals surface area contributed by atoms with Crippen LogP contribution in [0.5, 0.6) is 0 Å². The van der Waals surface area contributed by atoms with E-state index in [1.807, 2.05) is 5.48 Å². The molecule has 14 heavy (non-hydrogen) atoms. The van der Waals surface area contributed by atoms with E-state index in [-0.39, 0.29) is 11.0 Å². The van der Waals surface area contributed by atoms with Crippen LogP contribution in [0.2, 0.25) is 5.22 Å². The third kappa shape index (κ3) is 3.08. The van der Waals surface area contributed by atoms with Crippen LogP contribution in [0.4, 0.5) is 0 Å². The molecule has 0 saturated heterocycles. The van der Waals surface area contributed by atoms with Crippen LogP contribution < -0.4 is 11.2 Å². The van der Waals surface area contributed by atoms with Crippen molar-refractivity contribution in [3.63, 3.8) is 0 Å². The Morgan fingerprint density at radius 3 is 2.79 bits per heavy atom. The number of nitrogens with two attached hydrogens (primary N) is 1. The lowest BCUT2D eigenvalue weighted by Gasteiger charge is -2.00. The summed E-state index contributed by atoms with van der Waals surface area (Å²) in [6, 6.07) is 2.77. The molecule has 1 aromatic heterocycles. The second-order valence-corrected chi connectivity index (χ2v) is 2.66. The molecule has 0 aliphatic carbocycles. The Morgan fingerprint density at radius 1 is 1.57 bits per heavy atom. The molecule has 0 aromatic carbocycles. The summed E-state index contributed by atoms with van der Waals surface area (Å²) in [4.78, 5) is 25.8. The average molecular weight is 219 g/mol. The zero-order valence-corrected chi connectivity index (χ0v) is 7.71. The molecular formula is C7H7ClN2O4. The number of rotatable bonds is 4. The van der Waals surface area contributed by atoms with Crippen molar-refractivity contribution in [3.05, 3.63) is 23.1 Å². The summed E-state index contributed by atoms with van der Waals surface area (Å²) in [6.07, 6.45) is 0. The molecule has 0 aliphatic heterocycles. The van der Waals surface area contributed by atoms with E-state index in [1.165, 1.54) is 12.1 Å². The van der Waals surface area contributed by atoms with Gasteiger partial charge in [0.25, 0.3) is 0 Å². The van der Waals surface area contributed by atoms with Crippen LogP contribution in [0.25, 0.3) is 0 Å². The van der Waals surface area contributed by atoms with E-state index < -0.39 is 18.4 Å². The fourth-order valence-electron chi connectivity index (χ4n) is 0.659. The Labute approximate surface area is 83.9 Å². The number of hydroxylamine groups is 1. The first-order valence-corrected chi connectivity index (χ1v) is 3.93. The van der Waals surface area contributed by atoms with E-state index in [1.54, 1.807) is 0 Å². The lowest BCUT2D eigenvalue weighted by molar-refractivity contribution is -0.124. The van der Waals surface area contributed by atoms with Gasteiger partial charge in [-0.1, -0.05) is 0 Å². The van der Waals surface area contributed by atoms with Crippen molar-refractivity contribution < 1.29 is 18.8 Å². The van der Waals surface area contributed by atoms with Gasteiger partial charge >= 0.3 is 5.91 Å². The first-order valence-electron chi connectivity index (χ1n) is 3.55. The third-order valence-corrected chi connectivity index (χ3v) is 1.38. The van der Waals surface area contributed by atoms with Crippen LogP contribution in [-0.2, 0) is 9.63 Å². The molecule has 0 radical (unpaired) electrons. The van der Waals surface area contributed by atoms with Gasteiger partial charge in [0.05, 0.1) is 0 Å². The summed E-state index contributed by atoms with van der Waals surface area (Å²) in [5.41, 5.74) is 6.71. The molecule has 1 rings (SSSR count). The van der Waals surface area contributed by atoms with Crippen LogP contribution in [-0.4, -0.2) is 18.4 Å². The van der Waals surface area contributed by atoms with Crippen molar-refractivity contribution in [2.24, 2.45) is 5.73 Å². The molecule has 7 heteroatoms. The van der Waals surface area contributed by atoms with Gasteiger partial charge in [0.1, 0.15) is 0 Å². The zero-order chi connectivity index (χ0) is 10.6. The van der Waals surface area contributed by atoms with E-state index in [4.69, 9.17) is 21.8 Å². The summed E-state index contributed by atoms with van der Waals surface area (Å²) in [6.45, 7) is -0.403. The van der Waals surface area contributed by atoms with E-state index in [0.29, 0.717) is 0 Å². The quantitative estimate of drug-likeness (QED) is 0.700. The second kappa shape index (κ2) is 4.64. The Kier molecular flexibility index (Phi) is 3.49. The van der Waals surface area contributed by atoms with Crippen molar-refractivity contribution in [1.82, 2.24) is 5.48 Å². The molecule has 76 valence electrons. The van der Waals surface area contributed by atoms with Gasteiger partial charge in [-0.2, -0.15) is 0 Å². The van der Waals surface area contributed by atoms with E-state index in [2.05, 4.69) is 4.84 Å². The van der Waals surface area contributed by atoms with Gasteiger partial charge in [-0.15, -0.1) is 0 Å². The number of hydrogen-bond acceptors (Lipinski definition) is 4. The van der Waals surface area contributed by atoms with Gasteiger partial charge in [-0.05, 0) is 23.7 Å². The molecule has 2 amide bonds. The van der Waals surface area contributed by atoms with Crippen molar-refractivity contribution in [3.8, 4) is 0 Å². The summed E-state index contributed by atoms with van der Waals surface area (Å²) in [5.74, 6) is -1.35. The molecule has 1 heterocycles.